The zero-order valence-corrected chi connectivity index (χ0v) is 16.8. The number of hydrogen-bond donors (Lipinski definition) is 1. The standard InChI is InChI=1S/C23H18F3N5O/c24-23(25,26)22-29-16-9-8-15(13-18(16)30-22)21(32)31-12-4-7-19(31)17-10-11-27-20(28-17)14-5-2-1-3-6-14/h1-3,5-6,8-11,13,19H,4,7,12H2,(H,29,30)/t19-/m1/s1. The normalized spacial score (nSPS) is 16.6. The number of halogens is 3. The Morgan fingerprint density at radius 2 is 1.88 bits per heavy atom. The fraction of sp³-hybridized carbons (Fsp3) is 0.217. The maximum Gasteiger partial charge on any atom is 0.449 e. The second kappa shape index (κ2) is 7.74. The molecule has 2 aromatic heterocycles. The zero-order chi connectivity index (χ0) is 22.3. The summed E-state index contributed by atoms with van der Waals surface area (Å²) in [4.78, 5) is 29.8. The van der Waals surface area contributed by atoms with Crippen LogP contribution in [0.25, 0.3) is 22.4 Å². The van der Waals surface area contributed by atoms with Crippen LogP contribution >= 0.6 is 0 Å². The number of benzene rings is 2. The summed E-state index contributed by atoms with van der Waals surface area (Å²) in [5, 5.41) is 0. The van der Waals surface area contributed by atoms with Crippen molar-refractivity contribution in [3.05, 3.63) is 77.9 Å². The minimum absolute atomic E-state index is 0.162. The van der Waals surface area contributed by atoms with Gasteiger partial charge < -0.3 is 9.88 Å². The number of alkyl halides is 3. The van der Waals surface area contributed by atoms with Gasteiger partial charge in [0.2, 0.25) is 5.82 Å². The van der Waals surface area contributed by atoms with Crippen LogP contribution in [0.2, 0.25) is 0 Å². The molecule has 0 spiro atoms. The van der Waals surface area contributed by atoms with Crippen LogP contribution in [-0.2, 0) is 6.18 Å². The molecule has 5 rings (SSSR count). The number of nitrogens with zero attached hydrogens (tertiary/aromatic N) is 4. The van der Waals surface area contributed by atoms with Gasteiger partial charge in [0.1, 0.15) is 0 Å². The first-order chi connectivity index (χ1) is 15.4. The number of likely N-dealkylation sites (tertiary alicyclic amines) is 1. The number of imidazole rings is 1. The highest BCUT2D eigenvalue weighted by Crippen LogP contribution is 2.34. The van der Waals surface area contributed by atoms with Crippen molar-refractivity contribution in [3.63, 3.8) is 0 Å². The van der Waals surface area contributed by atoms with Gasteiger partial charge in [0, 0.05) is 23.9 Å². The van der Waals surface area contributed by atoms with Crippen LogP contribution in [0, 0.1) is 0 Å². The molecule has 1 saturated heterocycles. The van der Waals surface area contributed by atoms with E-state index in [2.05, 4.69) is 19.9 Å². The molecule has 2 aromatic carbocycles. The summed E-state index contributed by atoms with van der Waals surface area (Å²) in [6.45, 7) is 0.545. The number of fused-ring (bicyclic) bond motifs is 1. The molecular formula is C23H18F3N5O. The predicted molar refractivity (Wildman–Crippen MR) is 112 cm³/mol. The molecule has 32 heavy (non-hydrogen) atoms. The molecule has 9 heteroatoms. The lowest BCUT2D eigenvalue weighted by atomic mass is 10.1. The SMILES string of the molecule is O=C(c1ccc2nc(C(F)(F)F)[nH]c2c1)N1CCC[C@@H]1c1ccnc(-c2ccccc2)n1. The van der Waals surface area contributed by atoms with Crippen LogP contribution in [0.4, 0.5) is 13.2 Å². The second-order valence-corrected chi connectivity index (χ2v) is 7.64. The molecule has 1 aliphatic rings. The van der Waals surface area contributed by atoms with Crippen LogP contribution in [-0.4, -0.2) is 37.3 Å². The van der Waals surface area contributed by atoms with E-state index in [1.54, 1.807) is 17.2 Å². The third kappa shape index (κ3) is 3.70. The molecule has 6 nitrogen and oxygen atoms in total. The van der Waals surface area contributed by atoms with Gasteiger partial charge in [0.15, 0.2) is 5.82 Å². The highest BCUT2D eigenvalue weighted by atomic mass is 19.4. The van der Waals surface area contributed by atoms with Crippen molar-refractivity contribution in [3.8, 4) is 11.4 Å². The summed E-state index contributed by atoms with van der Waals surface area (Å²) in [5.74, 6) is -0.746. The first-order valence-corrected chi connectivity index (χ1v) is 10.2. The van der Waals surface area contributed by atoms with Gasteiger partial charge in [-0.25, -0.2) is 15.0 Å². The highest BCUT2D eigenvalue weighted by molar-refractivity contribution is 5.97. The topological polar surface area (TPSA) is 74.8 Å². The van der Waals surface area contributed by atoms with Gasteiger partial charge in [-0.1, -0.05) is 30.3 Å². The van der Waals surface area contributed by atoms with Gasteiger partial charge in [0.05, 0.1) is 22.8 Å². The van der Waals surface area contributed by atoms with Gasteiger partial charge in [-0.3, -0.25) is 4.79 Å². The Kier molecular flexibility index (Phi) is 4.88. The number of hydrogen-bond acceptors (Lipinski definition) is 4. The average molecular weight is 437 g/mol. The van der Waals surface area contributed by atoms with Gasteiger partial charge >= 0.3 is 6.18 Å². The number of rotatable bonds is 3. The summed E-state index contributed by atoms with van der Waals surface area (Å²) in [6, 6.07) is 15.5. The number of nitrogens with one attached hydrogen (secondary N) is 1. The molecule has 4 aromatic rings. The fourth-order valence-corrected chi connectivity index (χ4v) is 4.04. The summed E-state index contributed by atoms with van der Waals surface area (Å²) in [5.41, 5.74) is 2.27. The van der Waals surface area contributed by atoms with E-state index >= 15 is 0 Å². The number of H-pyrrole nitrogens is 1. The minimum Gasteiger partial charge on any atom is -0.334 e. The number of aromatic nitrogens is 4. The fourth-order valence-electron chi connectivity index (χ4n) is 4.04. The molecule has 0 radical (unpaired) electrons. The summed E-state index contributed by atoms with van der Waals surface area (Å²) in [7, 11) is 0. The van der Waals surface area contributed by atoms with Crippen LogP contribution in [0.5, 0.6) is 0 Å². The van der Waals surface area contributed by atoms with Crippen LogP contribution in [0.1, 0.15) is 40.8 Å². The predicted octanol–water partition coefficient (Wildman–Crippen LogP) is 5.02. The van der Waals surface area contributed by atoms with Crippen LogP contribution < -0.4 is 0 Å². The molecule has 0 aliphatic carbocycles. The molecule has 0 saturated carbocycles. The van der Waals surface area contributed by atoms with E-state index < -0.39 is 12.0 Å². The molecule has 1 fully saturated rings. The van der Waals surface area contributed by atoms with Crippen molar-refractivity contribution < 1.29 is 18.0 Å². The van der Waals surface area contributed by atoms with E-state index in [1.165, 1.54) is 18.2 Å². The summed E-state index contributed by atoms with van der Waals surface area (Å²) >= 11 is 0. The number of carbonyl (C=O) groups excluding carboxylic acids is 1. The van der Waals surface area contributed by atoms with Crippen molar-refractivity contribution in [2.75, 3.05) is 6.54 Å². The molecule has 1 atom stereocenters. The number of amides is 1. The molecule has 0 unspecified atom stereocenters. The Hall–Kier alpha value is -3.75. The highest BCUT2D eigenvalue weighted by Gasteiger charge is 2.35. The van der Waals surface area contributed by atoms with Gasteiger partial charge in [-0.05, 0) is 37.1 Å². The van der Waals surface area contributed by atoms with Crippen molar-refractivity contribution in [2.24, 2.45) is 0 Å². The molecule has 1 amide bonds. The van der Waals surface area contributed by atoms with Crippen LogP contribution in [0.3, 0.4) is 0 Å². The first kappa shape index (κ1) is 20.2. The van der Waals surface area contributed by atoms with E-state index in [1.807, 2.05) is 30.3 Å². The Bertz CT molecular complexity index is 1290. The molecule has 1 N–H and O–H groups in total. The van der Waals surface area contributed by atoms with E-state index in [0.29, 0.717) is 17.9 Å². The zero-order valence-electron chi connectivity index (χ0n) is 16.8. The van der Waals surface area contributed by atoms with Crippen LogP contribution in [0.15, 0.2) is 60.8 Å². The number of aromatic amines is 1. The Labute approximate surface area is 181 Å². The average Bonchev–Trinajstić information content (AvgIpc) is 3.46. The quantitative estimate of drug-likeness (QED) is 0.489. The lowest BCUT2D eigenvalue weighted by molar-refractivity contribution is -0.144. The van der Waals surface area contributed by atoms with Crippen molar-refractivity contribution in [1.29, 1.82) is 0 Å². The van der Waals surface area contributed by atoms with Gasteiger partial charge in [-0.2, -0.15) is 13.2 Å². The lowest BCUT2D eigenvalue weighted by Gasteiger charge is -2.24. The van der Waals surface area contributed by atoms with E-state index in [0.717, 1.165) is 24.1 Å². The molecule has 3 heterocycles. The second-order valence-electron chi connectivity index (χ2n) is 7.64. The lowest BCUT2D eigenvalue weighted by Crippen LogP contribution is -2.31. The molecular weight excluding hydrogens is 419 g/mol. The van der Waals surface area contributed by atoms with Crippen molar-refractivity contribution in [2.45, 2.75) is 25.1 Å². The largest absolute Gasteiger partial charge is 0.449 e. The molecule has 162 valence electrons. The Morgan fingerprint density at radius 1 is 1.06 bits per heavy atom. The number of carbonyl (C=O) groups is 1. The maximum atomic E-state index is 13.3. The van der Waals surface area contributed by atoms with Crippen molar-refractivity contribution in [1.82, 2.24) is 24.8 Å². The third-order valence-electron chi connectivity index (χ3n) is 5.56. The summed E-state index contributed by atoms with van der Waals surface area (Å²) in [6.07, 6.45) is -1.33. The molecule has 1 aliphatic heterocycles. The minimum atomic E-state index is -4.58. The van der Waals surface area contributed by atoms with E-state index in [4.69, 9.17) is 0 Å². The van der Waals surface area contributed by atoms with E-state index in [-0.39, 0.29) is 23.0 Å². The summed E-state index contributed by atoms with van der Waals surface area (Å²) < 4.78 is 38.8. The maximum absolute atomic E-state index is 13.3. The monoisotopic (exact) mass is 437 g/mol. The van der Waals surface area contributed by atoms with Gasteiger partial charge in [0.25, 0.3) is 5.91 Å². The van der Waals surface area contributed by atoms with Gasteiger partial charge in [-0.15, -0.1) is 0 Å². The third-order valence-corrected chi connectivity index (χ3v) is 5.56. The first-order valence-electron chi connectivity index (χ1n) is 10.2. The molecule has 0 bridgehead atoms. The van der Waals surface area contributed by atoms with E-state index in [9.17, 15) is 18.0 Å². The smallest absolute Gasteiger partial charge is 0.334 e. The Morgan fingerprint density at radius 3 is 2.66 bits per heavy atom. The Balaban J connectivity index is 1.44. The van der Waals surface area contributed by atoms with Crippen molar-refractivity contribution >= 4 is 16.9 Å².